The number of nitrogens with zero attached hydrogens (tertiary/aromatic N) is 1. The number of alkyl halides is 2. The number of aryl methyl sites for hydroxylation is 1. The Balaban J connectivity index is 1.57. The fourth-order valence-electron chi connectivity index (χ4n) is 3.32. The molecule has 1 fully saturated rings. The van der Waals surface area contributed by atoms with Gasteiger partial charge in [-0.05, 0) is 49.1 Å². The zero-order valence-corrected chi connectivity index (χ0v) is 18.0. The van der Waals surface area contributed by atoms with E-state index in [0.29, 0.717) is 41.9 Å². The number of carbonyl (C=O) groups excluding carboxylic acids is 1. The zero-order valence-electron chi connectivity index (χ0n) is 16.4. The summed E-state index contributed by atoms with van der Waals surface area (Å²) in [6.07, 6.45) is 3.39. The van der Waals surface area contributed by atoms with Gasteiger partial charge in [0.1, 0.15) is 0 Å². The number of benzene rings is 2. The molecule has 1 amide bonds. The number of carbonyl (C=O) groups is 1. The number of hydrogen-bond donors (Lipinski definition) is 1. The highest BCUT2D eigenvalue weighted by atomic mass is 32.2. The molecule has 0 atom stereocenters. The summed E-state index contributed by atoms with van der Waals surface area (Å²) in [4.78, 5) is 12.8. The molecule has 1 aliphatic heterocycles. The monoisotopic (exact) mass is 454 g/mol. The maximum absolute atomic E-state index is 12.7. The van der Waals surface area contributed by atoms with Gasteiger partial charge in [0, 0.05) is 24.4 Å². The second-order valence-electron chi connectivity index (χ2n) is 7.03. The second-order valence-corrected chi connectivity index (χ2v) is 10.0. The van der Waals surface area contributed by atoms with Crippen molar-refractivity contribution in [2.75, 3.05) is 18.4 Å². The number of piperidine rings is 1. The summed E-state index contributed by atoms with van der Waals surface area (Å²) in [5.41, 5.74) is 1.19. The van der Waals surface area contributed by atoms with Gasteiger partial charge in [-0.25, -0.2) is 8.42 Å². The van der Waals surface area contributed by atoms with Crippen LogP contribution in [0.4, 0.5) is 14.5 Å². The summed E-state index contributed by atoms with van der Waals surface area (Å²) in [6, 6.07) is 13.0. The fraction of sp³-hybridized carbons (Fsp3) is 0.381. The highest BCUT2D eigenvalue weighted by Crippen LogP contribution is 2.31. The molecule has 0 saturated carbocycles. The van der Waals surface area contributed by atoms with Crippen molar-refractivity contribution in [3.8, 4) is 0 Å². The number of amides is 1. The first-order valence-electron chi connectivity index (χ1n) is 9.79. The molecule has 0 aromatic heterocycles. The highest BCUT2D eigenvalue weighted by molar-refractivity contribution is 7.99. The average Bonchev–Trinajstić information content (AvgIpc) is 2.74. The first-order valence-corrected chi connectivity index (χ1v) is 12.1. The van der Waals surface area contributed by atoms with E-state index in [1.54, 1.807) is 42.5 Å². The quantitative estimate of drug-likeness (QED) is 0.585. The van der Waals surface area contributed by atoms with Crippen molar-refractivity contribution in [2.24, 2.45) is 0 Å². The summed E-state index contributed by atoms with van der Waals surface area (Å²) in [5, 5.41) is 2.67. The van der Waals surface area contributed by atoms with E-state index >= 15 is 0 Å². The Kier molecular flexibility index (Phi) is 7.85. The number of sulfonamides is 1. The van der Waals surface area contributed by atoms with Crippen molar-refractivity contribution in [1.29, 1.82) is 0 Å². The molecule has 0 unspecified atom stereocenters. The lowest BCUT2D eigenvalue weighted by Crippen LogP contribution is -2.35. The van der Waals surface area contributed by atoms with Gasteiger partial charge in [-0.2, -0.15) is 13.1 Å². The van der Waals surface area contributed by atoms with Crippen LogP contribution in [-0.2, 0) is 21.2 Å². The predicted molar refractivity (Wildman–Crippen MR) is 114 cm³/mol. The molecule has 0 aliphatic carbocycles. The first-order chi connectivity index (χ1) is 14.4. The van der Waals surface area contributed by atoms with E-state index in [4.69, 9.17) is 0 Å². The largest absolute Gasteiger partial charge is 0.325 e. The van der Waals surface area contributed by atoms with Crippen LogP contribution in [-0.4, -0.2) is 37.5 Å². The van der Waals surface area contributed by atoms with Crippen LogP contribution in [0.2, 0.25) is 0 Å². The Hall–Kier alpha value is -1.97. The number of anilines is 1. The van der Waals surface area contributed by atoms with E-state index < -0.39 is 15.8 Å². The molecule has 2 aromatic rings. The molecule has 1 heterocycles. The molecule has 5 nitrogen and oxygen atoms in total. The van der Waals surface area contributed by atoms with Gasteiger partial charge in [0.15, 0.2) is 0 Å². The molecular formula is C21H24F2N2O3S2. The molecule has 1 N–H and O–H groups in total. The molecule has 1 aliphatic rings. The standard InChI is InChI=1S/C21H24F2N2O3S2/c22-21(23)29-19-7-3-2-6-18(19)24-20(26)13-10-16-8-11-17(12-9-16)30(27,28)25-14-4-1-5-15-25/h2-3,6-9,11-12,21H,1,4-5,10,13-15H2,(H,24,26). The molecule has 0 bridgehead atoms. The molecule has 30 heavy (non-hydrogen) atoms. The van der Waals surface area contributed by atoms with Crippen LogP contribution in [0.5, 0.6) is 0 Å². The number of thioether (sulfide) groups is 1. The normalized spacial score (nSPS) is 15.3. The SMILES string of the molecule is O=C(CCc1ccc(S(=O)(=O)N2CCCCC2)cc1)Nc1ccccc1SC(F)F. The van der Waals surface area contributed by atoms with Gasteiger partial charge in [-0.15, -0.1) is 0 Å². The van der Waals surface area contributed by atoms with Crippen molar-refractivity contribution >= 4 is 33.4 Å². The number of nitrogens with one attached hydrogen (secondary N) is 1. The van der Waals surface area contributed by atoms with Crippen LogP contribution in [0.1, 0.15) is 31.2 Å². The Morgan fingerprint density at radius 1 is 1.03 bits per heavy atom. The van der Waals surface area contributed by atoms with Gasteiger partial charge in [0.05, 0.1) is 10.6 Å². The minimum Gasteiger partial charge on any atom is -0.325 e. The number of rotatable bonds is 8. The minimum absolute atomic E-state index is 0.159. The molecule has 3 rings (SSSR count). The smallest absolute Gasteiger partial charge is 0.288 e. The second kappa shape index (κ2) is 10.4. The summed E-state index contributed by atoms with van der Waals surface area (Å²) in [6.45, 7) is 1.10. The van der Waals surface area contributed by atoms with E-state index in [1.807, 2.05) is 0 Å². The van der Waals surface area contributed by atoms with E-state index in [9.17, 15) is 22.0 Å². The summed E-state index contributed by atoms with van der Waals surface area (Å²) in [7, 11) is -3.48. The lowest BCUT2D eigenvalue weighted by molar-refractivity contribution is -0.116. The third-order valence-electron chi connectivity index (χ3n) is 4.89. The molecule has 162 valence electrons. The van der Waals surface area contributed by atoms with Crippen molar-refractivity contribution in [3.05, 3.63) is 54.1 Å². The number of para-hydroxylation sites is 1. The van der Waals surface area contributed by atoms with Gasteiger partial charge >= 0.3 is 0 Å². The lowest BCUT2D eigenvalue weighted by atomic mass is 10.1. The van der Waals surface area contributed by atoms with Gasteiger partial charge in [-0.3, -0.25) is 4.79 Å². The van der Waals surface area contributed by atoms with E-state index in [1.165, 1.54) is 10.4 Å². The average molecular weight is 455 g/mol. The van der Waals surface area contributed by atoms with E-state index in [2.05, 4.69) is 5.32 Å². The Morgan fingerprint density at radius 2 is 1.70 bits per heavy atom. The minimum atomic E-state index is -3.48. The third kappa shape index (κ3) is 6.02. The van der Waals surface area contributed by atoms with Crippen LogP contribution in [0.25, 0.3) is 0 Å². The summed E-state index contributed by atoms with van der Waals surface area (Å²) in [5.74, 6) is -2.86. The maximum atomic E-state index is 12.7. The first kappa shape index (κ1) is 22.7. The van der Waals surface area contributed by atoms with Crippen LogP contribution < -0.4 is 5.32 Å². The Morgan fingerprint density at radius 3 is 2.37 bits per heavy atom. The van der Waals surface area contributed by atoms with Crippen molar-refractivity contribution in [3.63, 3.8) is 0 Å². The molecule has 9 heteroatoms. The van der Waals surface area contributed by atoms with Crippen LogP contribution >= 0.6 is 11.8 Å². The number of halogens is 2. The molecule has 0 spiro atoms. The predicted octanol–water partition coefficient (Wildman–Crippen LogP) is 4.75. The summed E-state index contributed by atoms with van der Waals surface area (Å²) >= 11 is 0.388. The van der Waals surface area contributed by atoms with Crippen LogP contribution in [0, 0.1) is 0 Å². The summed E-state index contributed by atoms with van der Waals surface area (Å²) < 4.78 is 52.2. The maximum Gasteiger partial charge on any atom is 0.288 e. The fourth-order valence-corrected chi connectivity index (χ4v) is 5.43. The van der Waals surface area contributed by atoms with E-state index in [-0.39, 0.29) is 17.2 Å². The van der Waals surface area contributed by atoms with Crippen LogP contribution in [0.15, 0.2) is 58.3 Å². The Bertz CT molecular complexity index is 960. The van der Waals surface area contributed by atoms with Crippen molar-refractivity contribution in [1.82, 2.24) is 4.31 Å². The topological polar surface area (TPSA) is 66.5 Å². The van der Waals surface area contributed by atoms with E-state index in [0.717, 1.165) is 24.8 Å². The molecular weight excluding hydrogens is 430 g/mol. The van der Waals surface area contributed by atoms with Gasteiger partial charge < -0.3 is 5.32 Å². The lowest BCUT2D eigenvalue weighted by Gasteiger charge is -2.25. The van der Waals surface area contributed by atoms with Crippen molar-refractivity contribution < 1.29 is 22.0 Å². The molecule has 1 saturated heterocycles. The Labute approximate surface area is 179 Å². The third-order valence-corrected chi connectivity index (χ3v) is 7.60. The molecule has 2 aromatic carbocycles. The van der Waals surface area contributed by atoms with Crippen LogP contribution in [0.3, 0.4) is 0 Å². The number of hydrogen-bond acceptors (Lipinski definition) is 4. The van der Waals surface area contributed by atoms with Gasteiger partial charge in [-0.1, -0.05) is 42.4 Å². The zero-order chi connectivity index (χ0) is 21.6. The van der Waals surface area contributed by atoms with Gasteiger partial charge in [0.25, 0.3) is 5.76 Å². The van der Waals surface area contributed by atoms with Gasteiger partial charge in [0.2, 0.25) is 15.9 Å². The molecule has 0 radical (unpaired) electrons. The van der Waals surface area contributed by atoms with Crippen molar-refractivity contribution in [2.45, 2.75) is 47.7 Å². The highest BCUT2D eigenvalue weighted by Gasteiger charge is 2.25.